The van der Waals surface area contributed by atoms with Crippen molar-refractivity contribution in [2.24, 2.45) is 23.5 Å². The number of benzene rings is 2. The molecule has 3 amide bonds. The molecule has 198 valence electrons. The van der Waals surface area contributed by atoms with Gasteiger partial charge < -0.3 is 20.7 Å². The van der Waals surface area contributed by atoms with Crippen LogP contribution in [0.2, 0.25) is 0 Å². The summed E-state index contributed by atoms with van der Waals surface area (Å²) in [5.41, 5.74) is 6.68. The van der Waals surface area contributed by atoms with Gasteiger partial charge in [-0.05, 0) is 67.9 Å². The fourth-order valence-corrected chi connectivity index (χ4v) is 5.25. The van der Waals surface area contributed by atoms with E-state index in [1.165, 1.54) is 0 Å². The molecule has 0 spiro atoms. The summed E-state index contributed by atoms with van der Waals surface area (Å²) in [6.45, 7) is 3.08. The van der Waals surface area contributed by atoms with E-state index in [0.717, 1.165) is 43.4 Å². The van der Waals surface area contributed by atoms with Crippen LogP contribution >= 0.6 is 0 Å². The summed E-state index contributed by atoms with van der Waals surface area (Å²) in [5.74, 6) is 0.282. The number of ether oxygens (including phenoxy) is 1. The van der Waals surface area contributed by atoms with Crippen molar-refractivity contribution < 1.29 is 19.1 Å². The molecular formula is C30H39N3O4. The molecule has 1 aliphatic carbocycles. The predicted octanol–water partition coefficient (Wildman–Crippen LogP) is 4.79. The van der Waals surface area contributed by atoms with Crippen LogP contribution in [0.25, 0.3) is 0 Å². The molecule has 0 bridgehead atoms. The van der Waals surface area contributed by atoms with Gasteiger partial charge >= 0.3 is 0 Å². The third kappa shape index (κ3) is 7.57. The number of nitrogens with two attached hydrogens (primary N) is 1. The van der Waals surface area contributed by atoms with Crippen LogP contribution < -0.4 is 15.8 Å². The third-order valence-corrected chi connectivity index (χ3v) is 7.42. The van der Waals surface area contributed by atoms with Gasteiger partial charge in [0.25, 0.3) is 0 Å². The highest BCUT2D eigenvalue weighted by molar-refractivity contribution is 5.91. The molecule has 4 rings (SSSR count). The second-order valence-corrected chi connectivity index (χ2v) is 10.5. The topological polar surface area (TPSA) is 102 Å². The average Bonchev–Trinajstić information content (AvgIpc) is 3.72. The van der Waals surface area contributed by atoms with E-state index < -0.39 is 23.8 Å². The summed E-state index contributed by atoms with van der Waals surface area (Å²) >= 11 is 0. The van der Waals surface area contributed by atoms with E-state index >= 15 is 0 Å². The number of carbonyl (C=O) groups is 3. The van der Waals surface area contributed by atoms with Crippen LogP contribution in [-0.4, -0.2) is 35.2 Å². The maximum atomic E-state index is 13.5. The zero-order valence-electron chi connectivity index (χ0n) is 21.7. The quantitative estimate of drug-likeness (QED) is 0.433. The molecule has 2 aromatic carbocycles. The Morgan fingerprint density at radius 1 is 1.03 bits per heavy atom. The van der Waals surface area contributed by atoms with Crippen molar-refractivity contribution >= 4 is 17.7 Å². The molecule has 0 aromatic heterocycles. The molecule has 1 saturated heterocycles. The number of hydrogen-bond donors (Lipinski definition) is 2. The van der Waals surface area contributed by atoms with Crippen molar-refractivity contribution in [2.45, 2.75) is 70.9 Å². The molecule has 37 heavy (non-hydrogen) atoms. The SMILES string of the molecule is CCCC(C(N)=O)C(CC1CC1)C(=O)N[C@H]1CCCCN(Cc2cccc(Oc3ccccc3)c2)C1=O. The van der Waals surface area contributed by atoms with Gasteiger partial charge in [0.2, 0.25) is 17.7 Å². The number of amides is 3. The van der Waals surface area contributed by atoms with Crippen LogP contribution in [0.5, 0.6) is 11.5 Å². The number of para-hydroxylation sites is 1. The van der Waals surface area contributed by atoms with Crippen molar-refractivity contribution in [3.05, 3.63) is 60.2 Å². The number of carbonyl (C=O) groups excluding carboxylic acids is 3. The highest BCUT2D eigenvalue weighted by atomic mass is 16.5. The van der Waals surface area contributed by atoms with Gasteiger partial charge in [0, 0.05) is 24.9 Å². The second kappa shape index (κ2) is 12.7. The first-order chi connectivity index (χ1) is 17.9. The molecule has 2 aliphatic rings. The number of hydrogen-bond acceptors (Lipinski definition) is 4. The van der Waals surface area contributed by atoms with E-state index in [1.54, 1.807) is 0 Å². The van der Waals surface area contributed by atoms with Gasteiger partial charge in [-0.2, -0.15) is 0 Å². The molecule has 2 aromatic rings. The van der Waals surface area contributed by atoms with Crippen molar-refractivity contribution in [3.8, 4) is 11.5 Å². The first kappa shape index (κ1) is 26.7. The summed E-state index contributed by atoms with van der Waals surface area (Å²) in [6.07, 6.45) is 6.55. The highest BCUT2D eigenvalue weighted by Gasteiger charge is 2.38. The average molecular weight is 506 g/mol. The Labute approximate surface area is 219 Å². The molecule has 0 radical (unpaired) electrons. The predicted molar refractivity (Wildman–Crippen MR) is 143 cm³/mol. The molecule has 3 N–H and O–H groups in total. The van der Waals surface area contributed by atoms with E-state index in [9.17, 15) is 14.4 Å². The van der Waals surface area contributed by atoms with Gasteiger partial charge in [0.15, 0.2) is 0 Å². The zero-order valence-corrected chi connectivity index (χ0v) is 21.7. The lowest BCUT2D eigenvalue weighted by atomic mass is 9.83. The van der Waals surface area contributed by atoms with Crippen LogP contribution in [0.4, 0.5) is 0 Å². The lowest BCUT2D eigenvalue weighted by molar-refractivity contribution is -0.139. The normalized spacial score (nSPS) is 19.5. The largest absolute Gasteiger partial charge is 0.457 e. The van der Waals surface area contributed by atoms with Crippen LogP contribution in [0.3, 0.4) is 0 Å². The maximum absolute atomic E-state index is 13.5. The van der Waals surface area contributed by atoms with E-state index in [0.29, 0.717) is 44.0 Å². The summed E-state index contributed by atoms with van der Waals surface area (Å²) in [6, 6.07) is 16.8. The van der Waals surface area contributed by atoms with E-state index in [2.05, 4.69) is 5.32 Å². The Balaban J connectivity index is 1.43. The Kier molecular flexibility index (Phi) is 9.20. The number of likely N-dealkylation sites (tertiary alicyclic amines) is 1. The Hall–Kier alpha value is -3.35. The Morgan fingerprint density at radius 2 is 1.78 bits per heavy atom. The molecule has 1 aliphatic heterocycles. The maximum Gasteiger partial charge on any atom is 0.245 e. The van der Waals surface area contributed by atoms with E-state index in [4.69, 9.17) is 10.5 Å². The fourth-order valence-electron chi connectivity index (χ4n) is 5.25. The minimum absolute atomic E-state index is 0.0727. The monoisotopic (exact) mass is 505 g/mol. The second-order valence-electron chi connectivity index (χ2n) is 10.5. The third-order valence-electron chi connectivity index (χ3n) is 7.42. The summed E-state index contributed by atoms with van der Waals surface area (Å²) in [7, 11) is 0. The van der Waals surface area contributed by atoms with Crippen molar-refractivity contribution in [1.29, 1.82) is 0 Å². The van der Waals surface area contributed by atoms with E-state index in [-0.39, 0.29) is 11.8 Å². The minimum atomic E-state index is -0.587. The molecule has 7 heteroatoms. The van der Waals surface area contributed by atoms with E-state index in [1.807, 2.05) is 66.4 Å². The highest BCUT2D eigenvalue weighted by Crippen LogP contribution is 2.38. The van der Waals surface area contributed by atoms with Crippen LogP contribution in [0.15, 0.2) is 54.6 Å². The van der Waals surface area contributed by atoms with Crippen molar-refractivity contribution in [1.82, 2.24) is 10.2 Å². The standard InChI is InChI=1S/C30H39N3O4/c1-2-9-25(28(31)34)26(19-21-15-16-21)29(35)32-27-14-6-7-17-33(30(27)36)20-22-10-8-13-24(18-22)37-23-11-4-3-5-12-23/h3-5,8,10-13,18,21,25-27H,2,6-7,9,14-17,19-20H2,1H3,(H2,31,34)(H,32,35)/t25?,26?,27-/m0/s1. The molecule has 1 heterocycles. The van der Waals surface area contributed by atoms with Gasteiger partial charge in [-0.25, -0.2) is 0 Å². The summed E-state index contributed by atoms with van der Waals surface area (Å²) < 4.78 is 5.96. The number of rotatable bonds is 12. The van der Waals surface area contributed by atoms with Gasteiger partial charge in [-0.1, -0.05) is 56.5 Å². The number of nitrogens with one attached hydrogen (secondary N) is 1. The molecule has 1 saturated carbocycles. The Morgan fingerprint density at radius 3 is 2.49 bits per heavy atom. The molecule has 2 unspecified atom stereocenters. The zero-order chi connectivity index (χ0) is 26.2. The van der Waals surface area contributed by atoms with Crippen LogP contribution in [-0.2, 0) is 20.9 Å². The molecule has 7 nitrogen and oxygen atoms in total. The number of primary amides is 1. The minimum Gasteiger partial charge on any atom is -0.457 e. The molecule has 3 atom stereocenters. The first-order valence-electron chi connectivity index (χ1n) is 13.6. The van der Waals surface area contributed by atoms with Gasteiger partial charge in [0.05, 0.1) is 0 Å². The van der Waals surface area contributed by atoms with Crippen LogP contribution in [0.1, 0.15) is 63.9 Å². The molecular weight excluding hydrogens is 466 g/mol. The van der Waals surface area contributed by atoms with Crippen LogP contribution in [0, 0.1) is 17.8 Å². The summed E-state index contributed by atoms with van der Waals surface area (Å²) in [5, 5.41) is 3.03. The first-order valence-corrected chi connectivity index (χ1v) is 13.6. The summed E-state index contributed by atoms with van der Waals surface area (Å²) in [4.78, 5) is 41.0. The van der Waals surface area contributed by atoms with Crippen molar-refractivity contribution in [2.75, 3.05) is 6.54 Å². The fraction of sp³-hybridized carbons (Fsp3) is 0.500. The smallest absolute Gasteiger partial charge is 0.245 e. The lowest BCUT2D eigenvalue weighted by Gasteiger charge is -2.28. The number of nitrogens with zero attached hydrogens (tertiary/aromatic N) is 1. The van der Waals surface area contributed by atoms with Gasteiger partial charge in [-0.15, -0.1) is 0 Å². The lowest BCUT2D eigenvalue weighted by Crippen LogP contribution is -2.50. The van der Waals surface area contributed by atoms with Gasteiger partial charge in [-0.3, -0.25) is 14.4 Å². The Bertz CT molecular complexity index is 1070. The van der Waals surface area contributed by atoms with Gasteiger partial charge in [0.1, 0.15) is 17.5 Å². The molecule has 2 fully saturated rings. The van der Waals surface area contributed by atoms with Crippen molar-refractivity contribution in [3.63, 3.8) is 0 Å².